The molecule has 98 valence electrons. The van der Waals surface area contributed by atoms with Crippen molar-refractivity contribution in [3.63, 3.8) is 0 Å². The number of rotatable bonds is 4. The van der Waals surface area contributed by atoms with Gasteiger partial charge in [-0.2, -0.15) is 0 Å². The predicted octanol–water partition coefficient (Wildman–Crippen LogP) is 1.49. The molecule has 0 unspecified atom stereocenters. The van der Waals surface area contributed by atoms with Crippen LogP contribution < -0.4 is 0 Å². The van der Waals surface area contributed by atoms with Gasteiger partial charge in [0.05, 0.1) is 19.1 Å². The maximum absolute atomic E-state index is 12.1. The largest absolute Gasteiger partial charge is 0.384 e. The zero-order valence-corrected chi connectivity index (χ0v) is 10.9. The maximum Gasteiger partial charge on any atom is 0.225 e. The van der Waals surface area contributed by atoms with E-state index >= 15 is 0 Å². The Balaban J connectivity index is 2.10. The van der Waals surface area contributed by atoms with Gasteiger partial charge in [0.15, 0.2) is 5.82 Å². The quantitative estimate of drug-likeness (QED) is 0.811. The van der Waals surface area contributed by atoms with Gasteiger partial charge in [0, 0.05) is 25.5 Å². The van der Waals surface area contributed by atoms with Crippen molar-refractivity contribution in [1.29, 1.82) is 0 Å². The van der Waals surface area contributed by atoms with E-state index in [0.29, 0.717) is 13.0 Å². The highest BCUT2D eigenvalue weighted by Gasteiger charge is 2.31. The summed E-state index contributed by atoms with van der Waals surface area (Å²) in [7, 11) is 1.61. The van der Waals surface area contributed by atoms with Gasteiger partial charge in [-0.1, -0.05) is 0 Å². The van der Waals surface area contributed by atoms with Gasteiger partial charge in [-0.3, -0.25) is 4.79 Å². The monoisotopic (exact) mass is 249 g/mol. The topological polar surface area (TPSA) is 55.3 Å². The van der Waals surface area contributed by atoms with Crippen LogP contribution in [0, 0.1) is 6.92 Å². The first-order valence-electron chi connectivity index (χ1n) is 6.30. The lowest BCUT2D eigenvalue weighted by Crippen LogP contribution is -2.32. The molecule has 1 aromatic rings. The summed E-state index contributed by atoms with van der Waals surface area (Å²) in [5.74, 6) is 0.891. The highest BCUT2D eigenvalue weighted by molar-refractivity contribution is 5.77. The average molecular weight is 249 g/mol. The molecule has 1 aliphatic rings. The van der Waals surface area contributed by atoms with Crippen molar-refractivity contribution in [2.24, 2.45) is 0 Å². The molecule has 0 aliphatic carbocycles. The van der Waals surface area contributed by atoms with Crippen LogP contribution in [0.25, 0.3) is 0 Å². The third-order valence-corrected chi connectivity index (χ3v) is 3.20. The predicted molar refractivity (Wildman–Crippen MR) is 67.0 cm³/mol. The summed E-state index contributed by atoms with van der Waals surface area (Å²) in [6.45, 7) is 3.21. The number of nitrogens with zero attached hydrogens (tertiary/aromatic N) is 3. The summed E-state index contributed by atoms with van der Waals surface area (Å²) in [5.41, 5.74) is 0.941. The van der Waals surface area contributed by atoms with Gasteiger partial charge in [0.25, 0.3) is 0 Å². The molecule has 0 radical (unpaired) electrons. The Bertz CT molecular complexity index is 422. The van der Waals surface area contributed by atoms with Gasteiger partial charge in [-0.15, -0.1) is 0 Å². The molecule has 0 N–H and O–H groups in total. The summed E-state index contributed by atoms with van der Waals surface area (Å²) in [5, 5.41) is 0. The number of carbonyl (C=O) groups excluding carboxylic acids is 1. The number of aryl methyl sites for hydroxylation is 1. The van der Waals surface area contributed by atoms with E-state index in [0.717, 1.165) is 30.9 Å². The lowest BCUT2D eigenvalue weighted by Gasteiger charge is -2.23. The highest BCUT2D eigenvalue weighted by atomic mass is 16.5. The lowest BCUT2D eigenvalue weighted by molar-refractivity contribution is -0.133. The summed E-state index contributed by atoms with van der Waals surface area (Å²) >= 11 is 0. The first-order valence-corrected chi connectivity index (χ1v) is 6.30. The summed E-state index contributed by atoms with van der Waals surface area (Å²) < 4.78 is 4.95. The van der Waals surface area contributed by atoms with Crippen molar-refractivity contribution in [2.45, 2.75) is 32.2 Å². The molecule has 5 heteroatoms. The Labute approximate surface area is 107 Å². The standard InChI is InChI=1S/C13H19N3O2/c1-10-5-7-14-13(15-10)11-4-3-8-16(11)12(17)6-9-18-2/h5,7,11H,3-4,6,8-9H2,1-2H3/t11-/m1/s1. The fraction of sp³-hybridized carbons (Fsp3) is 0.615. The molecule has 1 aromatic heterocycles. The molecule has 0 spiro atoms. The minimum atomic E-state index is 0.0363. The third kappa shape index (κ3) is 2.85. The van der Waals surface area contributed by atoms with Crippen LogP contribution in [-0.4, -0.2) is 41.0 Å². The molecule has 0 aromatic carbocycles. The molecular weight excluding hydrogens is 230 g/mol. The first-order chi connectivity index (χ1) is 8.72. The smallest absolute Gasteiger partial charge is 0.225 e. The second-order valence-corrected chi connectivity index (χ2v) is 4.54. The molecule has 1 fully saturated rings. The zero-order valence-electron chi connectivity index (χ0n) is 10.9. The zero-order chi connectivity index (χ0) is 13.0. The number of carbonyl (C=O) groups is 1. The van der Waals surface area contributed by atoms with Gasteiger partial charge < -0.3 is 9.64 Å². The van der Waals surface area contributed by atoms with E-state index in [-0.39, 0.29) is 11.9 Å². The number of methoxy groups -OCH3 is 1. The fourth-order valence-electron chi connectivity index (χ4n) is 2.30. The van der Waals surface area contributed by atoms with Crippen LogP contribution in [0.15, 0.2) is 12.3 Å². The van der Waals surface area contributed by atoms with Gasteiger partial charge >= 0.3 is 0 Å². The Kier molecular flexibility index (Phi) is 4.25. The van der Waals surface area contributed by atoms with E-state index < -0.39 is 0 Å². The van der Waals surface area contributed by atoms with Crippen molar-refractivity contribution < 1.29 is 9.53 Å². The van der Waals surface area contributed by atoms with Gasteiger partial charge in [0.2, 0.25) is 5.91 Å². The lowest BCUT2D eigenvalue weighted by atomic mass is 10.2. The van der Waals surface area contributed by atoms with Crippen LogP contribution >= 0.6 is 0 Å². The molecule has 1 aliphatic heterocycles. The molecular formula is C13H19N3O2. The minimum Gasteiger partial charge on any atom is -0.384 e. The summed E-state index contributed by atoms with van der Waals surface area (Å²) in [6.07, 6.45) is 4.15. The summed E-state index contributed by atoms with van der Waals surface area (Å²) in [4.78, 5) is 22.7. The fourth-order valence-corrected chi connectivity index (χ4v) is 2.30. The first kappa shape index (κ1) is 13.0. The number of ether oxygens (including phenoxy) is 1. The number of likely N-dealkylation sites (tertiary alicyclic amines) is 1. The Hall–Kier alpha value is -1.49. The molecule has 1 atom stereocenters. The van der Waals surface area contributed by atoms with Crippen molar-refractivity contribution in [3.8, 4) is 0 Å². The molecule has 5 nitrogen and oxygen atoms in total. The maximum atomic E-state index is 12.1. The van der Waals surface area contributed by atoms with E-state index in [1.165, 1.54) is 0 Å². The molecule has 1 amide bonds. The van der Waals surface area contributed by atoms with E-state index in [1.807, 2.05) is 17.9 Å². The van der Waals surface area contributed by atoms with Crippen molar-refractivity contribution in [2.75, 3.05) is 20.3 Å². The van der Waals surface area contributed by atoms with Crippen molar-refractivity contribution in [3.05, 3.63) is 23.8 Å². The van der Waals surface area contributed by atoms with Crippen LogP contribution in [0.1, 0.15) is 36.8 Å². The minimum absolute atomic E-state index is 0.0363. The van der Waals surface area contributed by atoms with Crippen LogP contribution in [0.4, 0.5) is 0 Å². The third-order valence-electron chi connectivity index (χ3n) is 3.20. The van der Waals surface area contributed by atoms with Gasteiger partial charge in [0.1, 0.15) is 0 Å². The van der Waals surface area contributed by atoms with Crippen LogP contribution in [0.3, 0.4) is 0 Å². The molecule has 18 heavy (non-hydrogen) atoms. The number of aromatic nitrogens is 2. The number of hydrogen-bond acceptors (Lipinski definition) is 4. The Morgan fingerprint density at radius 1 is 1.61 bits per heavy atom. The Morgan fingerprint density at radius 2 is 2.44 bits per heavy atom. The molecule has 0 saturated carbocycles. The highest BCUT2D eigenvalue weighted by Crippen LogP contribution is 2.30. The molecule has 2 heterocycles. The second kappa shape index (κ2) is 5.91. The van der Waals surface area contributed by atoms with Crippen molar-refractivity contribution in [1.82, 2.24) is 14.9 Å². The van der Waals surface area contributed by atoms with Crippen LogP contribution in [0.5, 0.6) is 0 Å². The second-order valence-electron chi connectivity index (χ2n) is 4.54. The van der Waals surface area contributed by atoms with E-state index in [4.69, 9.17) is 4.74 Å². The normalized spacial score (nSPS) is 19.2. The number of amides is 1. The van der Waals surface area contributed by atoms with E-state index in [9.17, 15) is 4.79 Å². The molecule has 1 saturated heterocycles. The van der Waals surface area contributed by atoms with Crippen molar-refractivity contribution >= 4 is 5.91 Å². The van der Waals surface area contributed by atoms with E-state index in [2.05, 4.69) is 9.97 Å². The molecule has 0 bridgehead atoms. The van der Waals surface area contributed by atoms with Gasteiger partial charge in [-0.05, 0) is 25.8 Å². The Morgan fingerprint density at radius 3 is 3.17 bits per heavy atom. The van der Waals surface area contributed by atoms with Gasteiger partial charge in [-0.25, -0.2) is 9.97 Å². The van der Waals surface area contributed by atoms with Crippen LogP contribution in [0.2, 0.25) is 0 Å². The average Bonchev–Trinajstić information content (AvgIpc) is 2.85. The van der Waals surface area contributed by atoms with E-state index in [1.54, 1.807) is 13.3 Å². The molecule has 2 rings (SSSR count). The SMILES string of the molecule is COCCC(=O)N1CCC[C@@H]1c1nccc(C)n1. The van der Waals surface area contributed by atoms with Crippen LogP contribution in [-0.2, 0) is 9.53 Å². The number of hydrogen-bond donors (Lipinski definition) is 0. The summed E-state index contributed by atoms with van der Waals surface area (Å²) in [6, 6.07) is 1.91.